The average Bonchev–Trinajstić information content (AvgIpc) is 2.88. The van der Waals surface area contributed by atoms with Gasteiger partial charge in [0.25, 0.3) is 5.91 Å². The SMILES string of the molecule is COc1cc(C(=O)Nc2cccc(CN3CCOCC3)c2)cc(OC)c1OCc1ccccc1. The van der Waals surface area contributed by atoms with E-state index in [4.69, 9.17) is 18.9 Å². The number of anilines is 1. The van der Waals surface area contributed by atoms with Crippen LogP contribution in [0.2, 0.25) is 0 Å². The number of morpholine rings is 1. The number of nitrogens with one attached hydrogen (secondary N) is 1. The first kappa shape index (κ1) is 23.6. The second-order valence-electron chi connectivity index (χ2n) is 8.03. The molecule has 4 rings (SSSR count). The van der Waals surface area contributed by atoms with Crippen molar-refractivity contribution in [2.75, 3.05) is 45.8 Å². The van der Waals surface area contributed by atoms with Crippen molar-refractivity contribution >= 4 is 11.6 Å². The molecule has 178 valence electrons. The fourth-order valence-corrected chi connectivity index (χ4v) is 3.85. The minimum Gasteiger partial charge on any atom is -0.493 e. The first-order valence-electron chi connectivity index (χ1n) is 11.3. The third kappa shape index (κ3) is 6.07. The molecule has 1 N–H and O–H groups in total. The van der Waals surface area contributed by atoms with Crippen molar-refractivity contribution in [1.82, 2.24) is 4.90 Å². The van der Waals surface area contributed by atoms with Crippen LogP contribution in [0.4, 0.5) is 5.69 Å². The van der Waals surface area contributed by atoms with Crippen LogP contribution in [0, 0.1) is 0 Å². The van der Waals surface area contributed by atoms with Gasteiger partial charge in [-0.25, -0.2) is 0 Å². The summed E-state index contributed by atoms with van der Waals surface area (Å²) in [7, 11) is 3.09. The Bertz CT molecular complexity index is 1070. The number of hydrogen-bond donors (Lipinski definition) is 1. The van der Waals surface area contributed by atoms with Crippen molar-refractivity contribution < 1.29 is 23.7 Å². The highest BCUT2D eigenvalue weighted by Gasteiger charge is 2.18. The maximum absolute atomic E-state index is 13.1. The number of benzene rings is 3. The number of amides is 1. The van der Waals surface area contributed by atoms with Crippen molar-refractivity contribution in [3.63, 3.8) is 0 Å². The van der Waals surface area contributed by atoms with E-state index in [1.165, 1.54) is 0 Å². The Hall–Kier alpha value is -3.55. The van der Waals surface area contributed by atoms with Crippen LogP contribution in [0.3, 0.4) is 0 Å². The Balaban J connectivity index is 1.48. The second-order valence-corrected chi connectivity index (χ2v) is 8.03. The quantitative estimate of drug-likeness (QED) is 0.509. The molecule has 0 saturated carbocycles. The zero-order valence-electron chi connectivity index (χ0n) is 19.6. The summed E-state index contributed by atoms with van der Waals surface area (Å²) in [6, 6.07) is 21.0. The minimum atomic E-state index is -0.255. The maximum atomic E-state index is 13.1. The van der Waals surface area contributed by atoms with Gasteiger partial charge in [0.15, 0.2) is 11.5 Å². The van der Waals surface area contributed by atoms with Gasteiger partial charge in [-0.05, 0) is 35.4 Å². The van der Waals surface area contributed by atoms with E-state index in [9.17, 15) is 4.79 Å². The lowest BCUT2D eigenvalue weighted by Gasteiger charge is -2.26. The van der Waals surface area contributed by atoms with Gasteiger partial charge in [0, 0.05) is 30.9 Å². The summed E-state index contributed by atoms with van der Waals surface area (Å²) in [5.74, 6) is 1.07. The molecule has 7 nitrogen and oxygen atoms in total. The van der Waals surface area contributed by atoms with Gasteiger partial charge in [0.05, 0.1) is 27.4 Å². The lowest BCUT2D eigenvalue weighted by molar-refractivity contribution is 0.0342. The third-order valence-electron chi connectivity index (χ3n) is 5.64. The standard InChI is InChI=1S/C27H30N2O5/c1-31-24-16-22(17-25(32-2)26(24)34-19-20-7-4-3-5-8-20)27(30)28-23-10-6-9-21(15-23)18-29-11-13-33-14-12-29/h3-10,15-17H,11-14,18-19H2,1-2H3,(H,28,30). The monoisotopic (exact) mass is 462 g/mol. The highest BCUT2D eigenvalue weighted by atomic mass is 16.5. The van der Waals surface area contributed by atoms with Gasteiger partial charge in [0.2, 0.25) is 5.75 Å². The summed E-state index contributed by atoms with van der Waals surface area (Å²) in [6.07, 6.45) is 0. The molecular formula is C27H30N2O5. The van der Waals surface area contributed by atoms with Crippen molar-refractivity contribution in [1.29, 1.82) is 0 Å². The summed E-state index contributed by atoms with van der Waals surface area (Å²) < 4.78 is 22.4. The Kier molecular flexibility index (Phi) is 8.01. The van der Waals surface area contributed by atoms with Crippen molar-refractivity contribution in [2.45, 2.75) is 13.2 Å². The molecule has 1 aliphatic rings. The predicted molar refractivity (Wildman–Crippen MR) is 131 cm³/mol. The number of carbonyl (C=O) groups is 1. The molecule has 1 fully saturated rings. The molecule has 34 heavy (non-hydrogen) atoms. The average molecular weight is 463 g/mol. The summed E-state index contributed by atoms with van der Waals surface area (Å²) in [5.41, 5.74) is 3.31. The normalized spacial score (nSPS) is 13.8. The molecule has 0 aliphatic carbocycles. The van der Waals surface area contributed by atoms with Gasteiger partial charge >= 0.3 is 0 Å². The van der Waals surface area contributed by atoms with Crippen molar-refractivity contribution in [3.05, 3.63) is 83.4 Å². The van der Waals surface area contributed by atoms with Gasteiger partial charge in [0.1, 0.15) is 6.61 Å². The Morgan fingerprint density at radius 3 is 2.26 bits per heavy atom. The number of ether oxygens (including phenoxy) is 4. The minimum absolute atomic E-state index is 0.255. The molecule has 1 amide bonds. The van der Waals surface area contributed by atoms with Crippen molar-refractivity contribution in [2.24, 2.45) is 0 Å². The smallest absolute Gasteiger partial charge is 0.255 e. The van der Waals surface area contributed by atoms with Crippen LogP contribution in [-0.2, 0) is 17.9 Å². The van der Waals surface area contributed by atoms with E-state index in [0.717, 1.165) is 49.7 Å². The van der Waals surface area contributed by atoms with Crippen LogP contribution in [0.1, 0.15) is 21.5 Å². The van der Waals surface area contributed by atoms with Crippen LogP contribution in [0.15, 0.2) is 66.7 Å². The molecule has 1 saturated heterocycles. The van der Waals surface area contributed by atoms with Gasteiger partial charge in [-0.1, -0.05) is 42.5 Å². The van der Waals surface area contributed by atoms with E-state index >= 15 is 0 Å². The van der Waals surface area contributed by atoms with Gasteiger partial charge in [-0.15, -0.1) is 0 Å². The number of methoxy groups -OCH3 is 2. The van der Waals surface area contributed by atoms with E-state index in [1.54, 1.807) is 26.4 Å². The molecule has 0 spiro atoms. The lowest BCUT2D eigenvalue weighted by Crippen LogP contribution is -2.35. The number of hydrogen-bond acceptors (Lipinski definition) is 6. The highest BCUT2D eigenvalue weighted by molar-refractivity contribution is 6.05. The Morgan fingerprint density at radius 2 is 1.59 bits per heavy atom. The highest BCUT2D eigenvalue weighted by Crippen LogP contribution is 2.39. The molecule has 0 aromatic heterocycles. The fourth-order valence-electron chi connectivity index (χ4n) is 3.85. The molecule has 0 radical (unpaired) electrons. The molecule has 0 unspecified atom stereocenters. The number of nitrogens with zero attached hydrogens (tertiary/aromatic N) is 1. The van der Waals surface area contributed by atoms with E-state index in [-0.39, 0.29) is 5.91 Å². The zero-order chi connectivity index (χ0) is 23.8. The topological polar surface area (TPSA) is 69.3 Å². The third-order valence-corrected chi connectivity index (χ3v) is 5.64. The lowest BCUT2D eigenvalue weighted by atomic mass is 10.1. The van der Waals surface area contributed by atoms with E-state index in [0.29, 0.717) is 29.4 Å². The van der Waals surface area contributed by atoms with Crippen molar-refractivity contribution in [3.8, 4) is 17.2 Å². The van der Waals surface area contributed by atoms with Crippen LogP contribution in [-0.4, -0.2) is 51.3 Å². The maximum Gasteiger partial charge on any atom is 0.255 e. The first-order valence-corrected chi connectivity index (χ1v) is 11.3. The largest absolute Gasteiger partial charge is 0.493 e. The second kappa shape index (κ2) is 11.5. The zero-order valence-corrected chi connectivity index (χ0v) is 19.6. The molecule has 3 aromatic rings. The summed E-state index contributed by atoms with van der Waals surface area (Å²) in [5, 5.41) is 2.98. The van der Waals surface area contributed by atoms with Crippen LogP contribution < -0.4 is 19.5 Å². The molecule has 1 heterocycles. The van der Waals surface area contributed by atoms with Gasteiger partial charge in [-0.3, -0.25) is 9.69 Å². The number of rotatable bonds is 9. The van der Waals surface area contributed by atoms with Gasteiger partial charge in [-0.2, -0.15) is 0 Å². The molecular weight excluding hydrogens is 432 g/mol. The van der Waals surface area contributed by atoms with Gasteiger partial charge < -0.3 is 24.3 Å². The Labute approximate surface area is 200 Å². The van der Waals surface area contributed by atoms with E-state index in [2.05, 4.69) is 16.3 Å². The molecule has 1 aliphatic heterocycles. The summed E-state index contributed by atoms with van der Waals surface area (Å²) >= 11 is 0. The molecule has 0 bridgehead atoms. The predicted octanol–water partition coefficient (Wildman–Crippen LogP) is 4.37. The van der Waals surface area contributed by atoms with Crippen LogP contribution >= 0.6 is 0 Å². The fraction of sp³-hybridized carbons (Fsp3) is 0.296. The van der Waals surface area contributed by atoms with E-state index in [1.807, 2.05) is 48.5 Å². The van der Waals surface area contributed by atoms with E-state index < -0.39 is 0 Å². The van der Waals surface area contributed by atoms with Crippen LogP contribution in [0.5, 0.6) is 17.2 Å². The molecule has 0 atom stereocenters. The molecule has 3 aromatic carbocycles. The van der Waals surface area contributed by atoms with Crippen LogP contribution in [0.25, 0.3) is 0 Å². The first-order chi connectivity index (χ1) is 16.7. The molecule has 7 heteroatoms. The number of carbonyl (C=O) groups excluding carboxylic acids is 1. The summed E-state index contributed by atoms with van der Waals surface area (Å²) in [6.45, 7) is 4.51. The Morgan fingerprint density at radius 1 is 0.912 bits per heavy atom. The summed E-state index contributed by atoms with van der Waals surface area (Å²) in [4.78, 5) is 15.4.